The third-order valence-corrected chi connectivity index (χ3v) is 14.7. The zero-order valence-corrected chi connectivity index (χ0v) is 38.1. The van der Waals surface area contributed by atoms with Gasteiger partial charge >= 0.3 is 0 Å². The summed E-state index contributed by atoms with van der Waals surface area (Å²) in [5.74, 6) is -1.33. The molecule has 4 atom stereocenters. The number of nitrogens with one attached hydrogen (secondary N) is 2. The second-order valence-electron chi connectivity index (χ2n) is 19.2. The summed E-state index contributed by atoms with van der Waals surface area (Å²) in [5.41, 5.74) is 5.29. The van der Waals surface area contributed by atoms with Gasteiger partial charge in [0.25, 0.3) is 12.3 Å². The molecule has 16 heteroatoms. The van der Waals surface area contributed by atoms with Gasteiger partial charge in [0.1, 0.15) is 35.8 Å². The van der Waals surface area contributed by atoms with Crippen molar-refractivity contribution < 1.29 is 41.5 Å². The highest BCUT2D eigenvalue weighted by atomic mass is 19.3. The molecule has 0 radical (unpaired) electrons. The summed E-state index contributed by atoms with van der Waals surface area (Å²) in [5, 5.41) is 3.30. The molecule has 6 aliphatic rings. The fraction of sp³-hybridized carbons (Fsp3) is 0.520. The molecule has 7 heterocycles. The Morgan fingerprint density at radius 3 is 2.38 bits per heavy atom. The van der Waals surface area contributed by atoms with E-state index in [4.69, 9.17) is 4.74 Å². The molecule has 6 aliphatic heterocycles. The number of rotatable bonds is 10. The molecule has 1 spiro atoms. The Balaban J connectivity index is 0.000000178. The van der Waals surface area contributed by atoms with E-state index in [0.29, 0.717) is 68.6 Å². The van der Waals surface area contributed by atoms with E-state index in [-0.39, 0.29) is 46.9 Å². The Morgan fingerprint density at radius 2 is 1.71 bits per heavy atom. The minimum absolute atomic E-state index is 0.160. The van der Waals surface area contributed by atoms with Crippen molar-refractivity contribution in [2.75, 3.05) is 62.2 Å². The molecule has 3 saturated heterocycles. The molecule has 0 aliphatic carbocycles. The van der Waals surface area contributed by atoms with Gasteiger partial charge in [0.2, 0.25) is 11.8 Å². The third-order valence-electron chi connectivity index (χ3n) is 14.7. The number of amides is 3. The molecule has 66 heavy (non-hydrogen) atoms. The van der Waals surface area contributed by atoms with E-state index in [1.807, 2.05) is 48.2 Å². The number of carbonyl (C=O) groups excluding carboxylic acids is 4. The van der Waals surface area contributed by atoms with Crippen LogP contribution in [0, 0.1) is 17.0 Å². The van der Waals surface area contributed by atoms with Crippen LogP contribution in [0.25, 0.3) is 10.9 Å². The minimum Gasteiger partial charge on any atom is -0.489 e. The number of anilines is 2. The van der Waals surface area contributed by atoms with Gasteiger partial charge in [-0.25, -0.2) is 17.6 Å². The summed E-state index contributed by atoms with van der Waals surface area (Å²) in [6.07, 6.45) is 2.33. The van der Waals surface area contributed by atoms with E-state index in [0.717, 1.165) is 78.8 Å². The molecule has 3 fully saturated rings. The van der Waals surface area contributed by atoms with E-state index in [1.165, 1.54) is 17.0 Å². The van der Waals surface area contributed by atoms with Gasteiger partial charge in [0, 0.05) is 84.2 Å². The van der Waals surface area contributed by atoms with Crippen LogP contribution in [0.3, 0.4) is 0 Å². The fourth-order valence-electron chi connectivity index (χ4n) is 11.5. The predicted octanol–water partition coefficient (Wildman–Crippen LogP) is 7.37. The van der Waals surface area contributed by atoms with Gasteiger partial charge in [0.15, 0.2) is 0 Å². The number of H-pyrrole nitrogens is 1. The van der Waals surface area contributed by atoms with Gasteiger partial charge in [-0.1, -0.05) is 32.0 Å². The Kier molecular flexibility index (Phi) is 12.7. The number of nitrogens with zero attached hydrogens (tertiary/aromatic N) is 5. The second kappa shape index (κ2) is 18.3. The molecule has 12 nitrogen and oxygen atoms in total. The number of para-hydroxylation sites is 1. The lowest BCUT2D eigenvalue weighted by Crippen LogP contribution is -2.61. The number of Topliss-reactive ketones (excluding diaryl/α,β-unsaturated/α-hetero) is 1. The van der Waals surface area contributed by atoms with Crippen LogP contribution in [-0.2, 0) is 27.3 Å². The predicted molar refractivity (Wildman–Crippen MR) is 243 cm³/mol. The highest BCUT2D eigenvalue weighted by molar-refractivity contribution is 6.06. The number of aromatic amines is 1. The van der Waals surface area contributed by atoms with Gasteiger partial charge in [-0.2, -0.15) is 0 Å². The Bertz CT molecular complexity index is 2510. The lowest BCUT2D eigenvalue weighted by Gasteiger charge is -2.54. The average molecular weight is 914 g/mol. The number of imide groups is 1. The van der Waals surface area contributed by atoms with Crippen molar-refractivity contribution in [2.45, 2.75) is 110 Å². The second-order valence-corrected chi connectivity index (χ2v) is 19.2. The number of hydrogen-bond acceptors (Lipinski definition) is 9. The smallest absolute Gasteiger partial charge is 0.255 e. The van der Waals surface area contributed by atoms with Crippen molar-refractivity contribution in [1.29, 1.82) is 0 Å². The van der Waals surface area contributed by atoms with Crippen LogP contribution in [0.2, 0.25) is 0 Å². The molecular formula is C50H59F4N7O5. The maximum atomic E-state index is 15.9. The van der Waals surface area contributed by atoms with E-state index in [2.05, 4.69) is 33.9 Å². The Hall–Kier alpha value is -5.48. The summed E-state index contributed by atoms with van der Waals surface area (Å²) in [6.45, 7) is 12.7. The monoisotopic (exact) mass is 913 g/mol. The summed E-state index contributed by atoms with van der Waals surface area (Å²) in [4.78, 5) is 60.9. The molecule has 2 N–H and O–H groups in total. The van der Waals surface area contributed by atoms with E-state index in [9.17, 15) is 28.0 Å². The molecule has 1 aromatic heterocycles. The number of ketones is 1. The first-order valence-electron chi connectivity index (χ1n) is 23.5. The first-order valence-corrected chi connectivity index (χ1v) is 23.5. The van der Waals surface area contributed by atoms with E-state index >= 15 is 8.78 Å². The number of halogens is 4. The largest absolute Gasteiger partial charge is 0.489 e. The molecule has 4 aromatic rings. The van der Waals surface area contributed by atoms with Gasteiger partial charge in [-0.15, -0.1) is 0 Å². The van der Waals surface area contributed by atoms with Crippen LogP contribution in [-0.4, -0.2) is 120 Å². The highest BCUT2D eigenvalue weighted by Gasteiger charge is 2.46. The number of ether oxygens (including phenoxy) is 1. The number of piperidine rings is 2. The zero-order valence-electron chi connectivity index (χ0n) is 38.1. The number of benzene rings is 3. The molecule has 2 unspecified atom stereocenters. The molecule has 352 valence electrons. The lowest BCUT2D eigenvalue weighted by molar-refractivity contribution is -0.137. The van der Waals surface area contributed by atoms with Crippen LogP contribution in [0.5, 0.6) is 5.75 Å². The summed E-state index contributed by atoms with van der Waals surface area (Å²) in [7, 11) is 0. The number of fused-ring (bicyclic) bond motifs is 6. The van der Waals surface area contributed by atoms with Crippen molar-refractivity contribution in [3.8, 4) is 5.75 Å². The first kappa shape index (κ1) is 45.7. The van der Waals surface area contributed by atoms with Crippen molar-refractivity contribution in [2.24, 2.45) is 5.41 Å². The summed E-state index contributed by atoms with van der Waals surface area (Å²) in [6, 6.07) is 12.6. The number of carbonyl (C=O) groups is 4. The molecule has 0 saturated carbocycles. The molecular weight excluding hydrogens is 855 g/mol. The van der Waals surface area contributed by atoms with Crippen molar-refractivity contribution in [1.82, 2.24) is 25.0 Å². The normalized spacial score (nSPS) is 23.8. The van der Waals surface area contributed by atoms with Gasteiger partial charge in [-0.3, -0.25) is 34.3 Å². The Morgan fingerprint density at radius 1 is 0.985 bits per heavy atom. The highest BCUT2D eigenvalue weighted by Crippen LogP contribution is 2.46. The van der Waals surface area contributed by atoms with Gasteiger partial charge in [0.05, 0.1) is 37.4 Å². The molecule has 3 aromatic carbocycles. The maximum Gasteiger partial charge on any atom is 0.255 e. The quantitative estimate of drug-likeness (QED) is 0.124. The molecule has 10 rings (SSSR count). The average Bonchev–Trinajstić information content (AvgIpc) is 3.81. The van der Waals surface area contributed by atoms with Crippen LogP contribution in [0.4, 0.5) is 28.9 Å². The van der Waals surface area contributed by atoms with Crippen LogP contribution in [0.1, 0.15) is 105 Å². The topological polar surface area (TPSA) is 122 Å². The van der Waals surface area contributed by atoms with Crippen LogP contribution in [0.15, 0.2) is 48.5 Å². The van der Waals surface area contributed by atoms with Gasteiger partial charge in [-0.05, 0) is 93.7 Å². The summed E-state index contributed by atoms with van der Waals surface area (Å²) < 4.78 is 65.3. The summed E-state index contributed by atoms with van der Waals surface area (Å²) >= 11 is 0. The lowest BCUT2D eigenvalue weighted by atomic mass is 9.72. The molecule has 0 bridgehead atoms. The first-order chi connectivity index (χ1) is 31.7. The van der Waals surface area contributed by atoms with E-state index < -0.39 is 36.7 Å². The maximum absolute atomic E-state index is 15.9. The third kappa shape index (κ3) is 8.43. The number of alkyl halides is 2. The van der Waals surface area contributed by atoms with E-state index in [1.54, 1.807) is 11.8 Å². The molecule has 3 amide bonds. The SMILES string of the molecule is CC(=O)CN1CC2(CCN(c3cc(F)c(C4c5[nH]c6ccccc6c5C[C@@H](C)N4CC(F)F)c(F)c3)CC2)C1.CCCN1c2ccc3c(c2OC[C@H]1CC)CN(C1CCC(=O)NC1=O)C3=O. The zero-order chi connectivity index (χ0) is 46.6. The van der Waals surface area contributed by atoms with Crippen molar-refractivity contribution in [3.63, 3.8) is 0 Å². The Labute approximate surface area is 382 Å². The van der Waals surface area contributed by atoms with Gasteiger partial charge < -0.3 is 24.4 Å². The fourth-order valence-corrected chi connectivity index (χ4v) is 11.5. The standard InChI is InChI=1S/C30H34F4N4O.C20H25N3O4/c1-18-11-22-21-5-3-4-6-25(21)35-28(22)29(38(18)15-26(33)34)27-23(31)12-20(13-24(27)32)37-9-7-30(8-10-37)16-36(17-30)14-19(2)39;1-3-9-22-12(4-2)11-27-18-14-10-23(16-7-8-17(24)21-19(16)25)20(26)13(14)5-6-15(18)22/h3-6,12-13,18,26,29,35H,7-11,14-17H2,1-2H3;5-6,12,16H,3-4,7-11H2,1-2H3,(H,21,24,25)/t18-,29?;12-,16?/m11/s1. The minimum atomic E-state index is -2.63. The number of likely N-dealkylation sites (tertiary alicyclic amines) is 1. The number of aromatic nitrogens is 1. The van der Waals surface area contributed by atoms with Crippen molar-refractivity contribution >= 4 is 45.8 Å². The van der Waals surface area contributed by atoms with Crippen LogP contribution >= 0.6 is 0 Å². The van der Waals surface area contributed by atoms with Crippen molar-refractivity contribution in [3.05, 3.63) is 88.1 Å². The van der Waals surface area contributed by atoms with Crippen LogP contribution < -0.4 is 19.9 Å². The number of hydrogen-bond donors (Lipinski definition) is 2.